The Bertz CT molecular complexity index is 662. The van der Waals surface area contributed by atoms with Crippen molar-refractivity contribution in [2.45, 2.75) is 104 Å². The third kappa shape index (κ3) is 7.12. The highest BCUT2D eigenvalue weighted by molar-refractivity contribution is 5.56. The molecular weight excluding hydrogens is 332 g/mol. The van der Waals surface area contributed by atoms with Gasteiger partial charge in [-0.2, -0.15) is 4.98 Å². The average Bonchev–Trinajstić information content (AvgIpc) is 3.16. The number of hydrogen-bond acceptors (Lipinski definition) is 3. The topological polar surface area (TPSA) is 38.9 Å². The van der Waals surface area contributed by atoms with Crippen molar-refractivity contribution in [3.05, 3.63) is 35.2 Å². The molecule has 0 aliphatic rings. The van der Waals surface area contributed by atoms with E-state index in [1.807, 2.05) is 0 Å². The molecule has 0 radical (unpaired) electrons. The Kier molecular flexibility index (Phi) is 9.58. The average molecular weight is 371 g/mol. The highest BCUT2D eigenvalue weighted by Gasteiger charge is 2.15. The molecule has 2 aromatic rings. The molecule has 1 atom stereocenters. The maximum atomic E-state index is 5.51. The number of nitrogens with zero attached hydrogens (tertiary/aromatic N) is 2. The Hall–Kier alpha value is -1.64. The van der Waals surface area contributed by atoms with Crippen molar-refractivity contribution in [1.82, 2.24) is 10.1 Å². The summed E-state index contributed by atoms with van der Waals surface area (Å²) in [7, 11) is 0. The van der Waals surface area contributed by atoms with Crippen LogP contribution in [0.5, 0.6) is 0 Å². The van der Waals surface area contributed by atoms with Gasteiger partial charge < -0.3 is 4.52 Å². The lowest BCUT2D eigenvalue weighted by molar-refractivity contribution is 0.351. The van der Waals surface area contributed by atoms with Crippen LogP contribution in [0.25, 0.3) is 11.4 Å². The van der Waals surface area contributed by atoms with Crippen LogP contribution >= 0.6 is 0 Å². The first-order valence-corrected chi connectivity index (χ1v) is 11.1. The lowest BCUT2D eigenvalue weighted by Crippen LogP contribution is -1.94. The first-order chi connectivity index (χ1) is 13.2. The fraction of sp³-hybridized carbons (Fsp3) is 0.667. The van der Waals surface area contributed by atoms with E-state index in [9.17, 15) is 0 Å². The standard InChI is InChI=1S/C24H38N2O/c1-5-7-9-10-11-12-13-15-21-16-17-22(18-20(21)4)23-25-24(27-26-23)19(3)14-8-6-2/h16-19H,5-15H2,1-4H3/t19-/m0/s1. The molecule has 1 aromatic heterocycles. The van der Waals surface area contributed by atoms with Crippen molar-refractivity contribution in [3.63, 3.8) is 0 Å². The van der Waals surface area contributed by atoms with Gasteiger partial charge in [-0.1, -0.05) is 89.4 Å². The summed E-state index contributed by atoms with van der Waals surface area (Å²) < 4.78 is 5.51. The molecule has 150 valence electrons. The van der Waals surface area contributed by atoms with E-state index in [1.165, 1.54) is 75.3 Å². The number of aryl methyl sites for hydroxylation is 2. The Morgan fingerprint density at radius 1 is 0.926 bits per heavy atom. The van der Waals surface area contributed by atoms with Crippen LogP contribution in [-0.2, 0) is 6.42 Å². The molecule has 0 unspecified atom stereocenters. The van der Waals surface area contributed by atoms with E-state index in [0.717, 1.165) is 23.7 Å². The Labute approximate surface area is 166 Å². The molecule has 2 rings (SSSR count). The smallest absolute Gasteiger partial charge is 0.229 e. The van der Waals surface area contributed by atoms with Gasteiger partial charge in [0.15, 0.2) is 0 Å². The molecule has 1 heterocycles. The zero-order valence-corrected chi connectivity index (χ0v) is 17.9. The van der Waals surface area contributed by atoms with Crippen molar-refractivity contribution in [2.24, 2.45) is 0 Å². The zero-order chi connectivity index (χ0) is 19.5. The van der Waals surface area contributed by atoms with Crippen LogP contribution in [0, 0.1) is 6.92 Å². The van der Waals surface area contributed by atoms with E-state index in [4.69, 9.17) is 4.52 Å². The molecule has 0 saturated heterocycles. The van der Waals surface area contributed by atoms with E-state index in [1.54, 1.807) is 0 Å². The van der Waals surface area contributed by atoms with Crippen molar-refractivity contribution in [2.75, 3.05) is 0 Å². The molecule has 0 amide bonds. The van der Waals surface area contributed by atoms with Crippen molar-refractivity contribution < 1.29 is 4.52 Å². The lowest BCUT2D eigenvalue weighted by atomic mass is 9.99. The van der Waals surface area contributed by atoms with Gasteiger partial charge in [0.1, 0.15) is 0 Å². The second-order valence-electron chi connectivity index (χ2n) is 8.01. The lowest BCUT2D eigenvalue weighted by Gasteiger charge is -2.07. The van der Waals surface area contributed by atoms with Crippen LogP contribution in [0.4, 0.5) is 0 Å². The summed E-state index contributed by atoms with van der Waals surface area (Å²) in [4.78, 5) is 4.64. The summed E-state index contributed by atoms with van der Waals surface area (Å²) in [6.45, 7) is 8.85. The maximum Gasteiger partial charge on any atom is 0.229 e. The molecule has 0 fully saturated rings. The molecule has 3 heteroatoms. The molecule has 0 N–H and O–H groups in total. The van der Waals surface area contributed by atoms with Crippen LogP contribution in [0.3, 0.4) is 0 Å². The van der Waals surface area contributed by atoms with E-state index in [2.05, 4.69) is 56.0 Å². The van der Waals surface area contributed by atoms with Gasteiger partial charge in [0.2, 0.25) is 11.7 Å². The zero-order valence-electron chi connectivity index (χ0n) is 17.9. The van der Waals surface area contributed by atoms with E-state index < -0.39 is 0 Å². The first kappa shape index (κ1) is 21.7. The van der Waals surface area contributed by atoms with Gasteiger partial charge in [0.05, 0.1) is 0 Å². The highest BCUT2D eigenvalue weighted by atomic mass is 16.5. The van der Waals surface area contributed by atoms with E-state index in [0.29, 0.717) is 5.92 Å². The second kappa shape index (κ2) is 11.9. The molecule has 3 nitrogen and oxygen atoms in total. The highest BCUT2D eigenvalue weighted by Crippen LogP contribution is 2.25. The Morgan fingerprint density at radius 3 is 2.33 bits per heavy atom. The van der Waals surface area contributed by atoms with Gasteiger partial charge in [-0.25, -0.2) is 0 Å². The van der Waals surface area contributed by atoms with Crippen LogP contribution in [0.2, 0.25) is 0 Å². The predicted molar refractivity (Wildman–Crippen MR) is 114 cm³/mol. The minimum atomic E-state index is 0.337. The van der Waals surface area contributed by atoms with Gasteiger partial charge in [0.25, 0.3) is 0 Å². The molecule has 0 aliphatic heterocycles. The quantitative estimate of drug-likeness (QED) is 0.340. The number of benzene rings is 1. The number of aromatic nitrogens is 2. The van der Waals surface area contributed by atoms with Crippen LogP contribution in [-0.4, -0.2) is 10.1 Å². The van der Waals surface area contributed by atoms with Gasteiger partial charge in [-0.05, 0) is 43.4 Å². The number of rotatable bonds is 13. The van der Waals surface area contributed by atoms with Gasteiger partial charge in [-0.15, -0.1) is 0 Å². The minimum absolute atomic E-state index is 0.337. The molecule has 0 aliphatic carbocycles. The molecule has 0 spiro atoms. The largest absolute Gasteiger partial charge is 0.339 e. The van der Waals surface area contributed by atoms with E-state index in [-0.39, 0.29) is 0 Å². The summed E-state index contributed by atoms with van der Waals surface area (Å²) >= 11 is 0. The van der Waals surface area contributed by atoms with Crippen LogP contribution < -0.4 is 0 Å². The van der Waals surface area contributed by atoms with E-state index >= 15 is 0 Å². The summed E-state index contributed by atoms with van der Waals surface area (Å²) in [5.41, 5.74) is 3.85. The SMILES string of the molecule is CCCCCCCCCc1ccc(-c2noc([C@@H](C)CCCC)n2)cc1C. The van der Waals surface area contributed by atoms with Gasteiger partial charge >= 0.3 is 0 Å². The van der Waals surface area contributed by atoms with Crippen molar-refractivity contribution >= 4 is 0 Å². The molecule has 0 saturated carbocycles. The molecular formula is C24H38N2O. The van der Waals surface area contributed by atoms with Crippen molar-refractivity contribution in [3.8, 4) is 11.4 Å². The Balaban J connectivity index is 1.86. The fourth-order valence-corrected chi connectivity index (χ4v) is 3.57. The maximum absolute atomic E-state index is 5.51. The monoisotopic (exact) mass is 370 g/mol. The predicted octanol–water partition coefficient (Wildman–Crippen LogP) is 7.63. The third-order valence-corrected chi connectivity index (χ3v) is 5.50. The molecule has 0 bridgehead atoms. The van der Waals surface area contributed by atoms with Crippen LogP contribution in [0.15, 0.2) is 22.7 Å². The normalized spacial score (nSPS) is 12.4. The number of unbranched alkanes of at least 4 members (excludes halogenated alkanes) is 7. The number of hydrogen-bond donors (Lipinski definition) is 0. The molecule has 1 aromatic carbocycles. The second-order valence-corrected chi connectivity index (χ2v) is 8.01. The van der Waals surface area contributed by atoms with Crippen molar-refractivity contribution in [1.29, 1.82) is 0 Å². The van der Waals surface area contributed by atoms with Gasteiger partial charge in [-0.3, -0.25) is 0 Å². The van der Waals surface area contributed by atoms with Gasteiger partial charge in [0, 0.05) is 11.5 Å². The fourth-order valence-electron chi connectivity index (χ4n) is 3.57. The Morgan fingerprint density at radius 2 is 1.63 bits per heavy atom. The summed E-state index contributed by atoms with van der Waals surface area (Å²) in [6.07, 6.45) is 14.2. The van der Waals surface area contributed by atoms with Crippen LogP contribution in [0.1, 0.15) is 108 Å². The molecule has 27 heavy (non-hydrogen) atoms. The third-order valence-electron chi connectivity index (χ3n) is 5.50. The summed E-state index contributed by atoms with van der Waals surface area (Å²) in [5, 5.41) is 4.21. The summed E-state index contributed by atoms with van der Waals surface area (Å²) in [5.74, 6) is 1.83. The minimum Gasteiger partial charge on any atom is -0.339 e. The summed E-state index contributed by atoms with van der Waals surface area (Å²) in [6, 6.07) is 6.61. The first-order valence-electron chi connectivity index (χ1n) is 11.1.